The zero-order valence-corrected chi connectivity index (χ0v) is 8.40. The second-order valence-electron chi connectivity index (χ2n) is 2.72. The van der Waals surface area contributed by atoms with Crippen LogP contribution in [0.2, 0.25) is 0 Å². The molecule has 15 heavy (non-hydrogen) atoms. The van der Waals surface area contributed by atoms with Crippen molar-refractivity contribution in [1.82, 2.24) is 4.98 Å². The molecule has 0 fully saturated rings. The predicted molar refractivity (Wildman–Crippen MR) is 55.6 cm³/mol. The highest BCUT2D eigenvalue weighted by molar-refractivity contribution is 7.12. The lowest BCUT2D eigenvalue weighted by molar-refractivity contribution is 0.0702. The molecule has 1 N–H and O–H groups in total. The fraction of sp³-hybridized carbons (Fsp3) is 0. The van der Waals surface area contributed by atoms with Crippen LogP contribution in [-0.4, -0.2) is 16.1 Å². The first-order valence-corrected chi connectivity index (χ1v) is 5.04. The number of rotatable bonds is 3. The first-order valence-electron chi connectivity index (χ1n) is 4.16. The minimum atomic E-state index is -0.948. The van der Waals surface area contributed by atoms with E-state index in [2.05, 4.69) is 4.98 Å². The van der Waals surface area contributed by atoms with E-state index in [-0.39, 0.29) is 4.88 Å². The molecule has 0 amide bonds. The van der Waals surface area contributed by atoms with Crippen molar-refractivity contribution >= 4 is 17.3 Å². The fourth-order valence-electron chi connectivity index (χ4n) is 1.01. The molecule has 0 aliphatic carbocycles. The van der Waals surface area contributed by atoms with Gasteiger partial charge in [0, 0.05) is 23.7 Å². The number of hydrogen-bond acceptors (Lipinski definition) is 4. The van der Waals surface area contributed by atoms with Gasteiger partial charge in [-0.25, -0.2) is 9.78 Å². The number of pyridine rings is 1. The van der Waals surface area contributed by atoms with E-state index >= 15 is 0 Å². The molecule has 0 aromatic carbocycles. The lowest BCUT2D eigenvalue weighted by Crippen LogP contribution is -1.90. The number of carboxylic acids is 1. The summed E-state index contributed by atoms with van der Waals surface area (Å²) in [5.41, 5.74) is 0. The molecule has 76 valence electrons. The van der Waals surface area contributed by atoms with Crippen LogP contribution < -0.4 is 4.74 Å². The van der Waals surface area contributed by atoms with Crippen LogP contribution in [-0.2, 0) is 0 Å². The van der Waals surface area contributed by atoms with Crippen molar-refractivity contribution in [3.05, 3.63) is 40.7 Å². The summed E-state index contributed by atoms with van der Waals surface area (Å²) < 4.78 is 5.35. The molecule has 0 bridgehead atoms. The van der Waals surface area contributed by atoms with Gasteiger partial charge < -0.3 is 9.84 Å². The molecule has 5 heteroatoms. The zero-order chi connectivity index (χ0) is 10.7. The number of ether oxygens (including phenoxy) is 1. The number of carboxylic acid groups (broad SMARTS) is 1. The smallest absolute Gasteiger partial charge is 0.346 e. The fourth-order valence-corrected chi connectivity index (χ4v) is 1.66. The molecule has 0 saturated heterocycles. The second-order valence-corrected chi connectivity index (χ2v) is 3.63. The van der Waals surface area contributed by atoms with Crippen LogP contribution >= 0.6 is 11.3 Å². The van der Waals surface area contributed by atoms with E-state index in [9.17, 15) is 4.79 Å². The lowest BCUT2D eigenvalue weighted by atomic mass is 10.4. The second kappa shape index (κ2) is 4.10. The van der Waals surface area contributed by atoms with Gasteiger partial charge in [0.1, 0.15) is 10.6 Å². The van der Waals surface area contributed by atoms with Gasteiger partial charge in [-0.05, 0) is 6.07 Å². The standard InChI is InChI=1S/C10H7NO3S/c12-10(13)8-5-7(6-15-8)14-9-3-1-2-4-11-9/h1-6H,(H,12,13). The Hall–Kier alpha value is -1.88. The van der Waals surface area contributed by atoms with E-state index in [0.717, 1.165) is 11.3 Å². The summed E-state index contributed by atoms with van der Waals surface area (Å²) in [4.78, 5) is 14.8. The molecule has 0 radical (unpaired) electrons. The summed E-state index contributed by atoms with van der Waals surface area (Å²) in [6.45, 7) is 0. The van der Waals surface area contributed by atoms with Crippen molar-refractivity contribution in [2.45, 2.75) is 0 Å². The van der Waals surface area contributed by atoms with Gasteiger partial charge >= 0.3 is 5.97 Å². The van der Waals surface area contributed by atoms with E-state index in [1.54, 1.807) is 29.8 Å². The van der Waals surface area contributed by atoms with Gasteiger partial charge in [-0.2, -0.15) is 0 Å². The minimum Gasteiger partial charge on any atom is -0.477 e. The maximum atomic E-state index is 10.6. The van der Waals surface area contributed by atoms with Crippen molar-refractivity contribution in [1.29, 1.82) is 0 Å². The summed E-state index contributed by atoms with van der Waals surface area (Å²) in [5, 5.41) is 10.3. The number of nitrogens with zero attached hydrogens (tertiary/aromatic N) is 1. The van der Waals surface area contributed by atoms with Gasteiger partial charge in [-0.1, -0.05) is 6.07 Å². The van der Waals surface area contributed by atoms with Crippen LogP contribution in [0.3, 0.4) is 0 Å². The first-order chi connectivity index (χ1) is 7.25. The Morgan fingerprint density at radius 3 is 2.93 bits per heavy atom. The third-order valence-corrected chi connectivity index (χ3v) is 2.54. The van der Waals surface area contributed by atoms with E-state index < -0.39 is 5.97 Å². The Bertz CT molecular complexity index is 467. The van der Waals surface area contributed by atoms with Crippen molar-refractivity contribution in [3.63, 3.8) is 0 Å². The zero-order valence-electron chi connectivity index (χ0n) is 7.58. The Balaban J connectivity index is 2.15. The largest absolute Gasteiger partial charge is 0.477 e. The third-order valence-electron chi connectivity index (χ3n) is 1.65. The first kappa shape index (κ1) is 9.67. The van der Waals surface area contributed by atoms with Crippen molar-refractivity contribution in [2.75, 3.05) is 0 Å². The van der Waals surface area contributed by atoms with Crippen LogP contribution in [0.15, 0.2) is 35.8 Å². The highest BCUT2D eigenvalue weighted by Crippen LogP contribution is 2.25. The molecule has 0 saturated carbocycles. The summed E-state index contributed by atoms with van der Waals surface area (Å²) in [6, 6.07) is 6.76. The van der Waals surface area contributed by atoms with Crippen molar-refractivity contribution in [3.8, 4) is 11.6 Å². The molecule has 0 spiro atoms. The number of hydrogen-bond donors (Lipinski definition) is 1. The molecule has 0 atom stereocenters. The van der Waals surface area contributed by atoms with Crippen LogP contribution in [0.4, 0.5) is 0 Å². The van der Waals surface area contributed by atoms with Gasteiger partial charge in [0.05, 0.1) is 0 Å². The van der Waals surface area contributed by atoms with Gasteiger partial charge in [0.25, 0.3) is 0 Å². The highest BCUT2D eigenvalue weighted by atomic mass is 32.1. The Labute approximate surface area is 89.8 Å². The van der Waals surface area contributed by atoms with E-state index in [1.807, 2.05) is 0 Å². The van der Waals surface area contributed by atoms with Gasteiger partial charge in [0.15, 0.2) is 0 Å². The quantitative estimate of drug-likeness (QED) is 0.865. The van der Waals surface area contributed by atoms with Crippen molar-refractivity contribution < 1.29 is 14.6 Å². The van der Waals surface area contributed by atoms with E-state index in [0.29, 0.717) is 11.6 Å². The summed E-state index contributed by atoms with van der Waals surface area (Å²) >= 11 is 1.12. The predicted octanol–water partition coefficient (Wildman–Crippen LogP) is 2.63. The molecule has 2 aromatic heterocycles. The molecule has 2 aromatic rings. The maximum Gasteiger partial charge on any atom is 0.346 e. The van der Waals surface area contributed by atoms with Gasteiger partial charge in [-0.15, -0.1) is 11.3 Å². The average Bonchev–Trinajstić information content (AvgIpc) is 2.68. The van der Waals surface area contributed by atoms with Gasteiger partial charge in [-0.3, -0.25) is 0 Å². The number of thiophene rings is 1. The van der Waals surface area contributed by atoms with Crippen LogP contribution in [0, 0.1) is 0 Å². The van der Waals surface area contributed by atoms with E-state index in [1.165, 1.54) is 6.07 Å². The summed E-state index contributed by atoms with van der Waals surface area (Å²) in [6.07, 6.45) is 1.61. The third kappa shape index (κ3) is 2.32. The lowest BCUT2D eigenvalue weighted by Gasteiger charge is -1.99. The van der Waals surface area contributed by atoms with E-state index in [4.69, 9.17) is 9.84 Å². The molecule has 0 aliphatic rings. The topological polar surface area (TPSA) is 59.4 Å². The van der Waals surface area contributed by atoms with Crippen LogP contribution in [0.1, 0.15) is 9.67 Å². The average molecular weight is 221 g/mol. The summed E-state index contributed by atoms with van der Waals surface area (Å²) in [7, 11) is 0. The molecular weight excluding hydrogens is 214 g/mol. The van der Waals surface area contributed by atoms with Crippen molar-refractivity contribution in [2.24, 2.45) is 0 Å². The molecular formula is C10H7NO3S. The molecule has 4 nitrogen and oxygen atoms in total. The molecule has 0 unspecified atom stereocenters. The highest BCUT2D eigenvalue weighted by Gasteiger charge is 2.08. The Morgan fingerprint density at radius 2 is 2.33 bits per heavy atom. The Morgan fingerprint density at radius 1 is 1.47 bits per heavy atom. The van der Waals surface area contributed by atoms with Gasteiger partial charge in [0.2, 0.25) is 5.88 Å². The SMILES string of the molecule is O=C(O)c1cc(Oc2ccccn2)cs1. The molecule has 0 aliphatic heterocycles. The molecule has 2 rings (SSSR count). The number of carbonyl (C=O) groups is 1. The number of aromatic nitrogens is 1. The normalized spacial score (nSPS) is 9.87. The summed E-state index contributed by atoms with van der Waals surface area (Å²) in [5.74, 6) is -0.000732. The molecule has 2 heterocycles. The number of aromatic carboxylic acids is 1. The Kier molecular flexibility index (Phi) is 2.64. The maximum absolute atomic E-state index is 10.6. The monoisotopic (exact) mass is 221 g/mol. The van der Waals surface area contributed by atoms with Crippen LogP contribution in [0.25, 0.3) is 0 Å². The minimum absolute atomic E-state index is 0.251. The van der Waals surface area contributed by atoms with Crippen LogP contribution in [0.5, 0.6) is 11.6 Å².